The molecule has 0 spiro atoms. The smallest absolute Gasteiger partial charge is 0.422 e. The zero-order valence-corrected chi connectivity index (χ0v) is 11.9. The number of halogens is 3. The predicted octanol–water partition coefficient (Wildman–Crippen LogP) is 1.78. The minimum absolute atomic E-state index is 0.0899. The van der Waals surface area contributed by atoms with Crippen molar-refractivity contribution in [3.8, 4) is 5.88 Å². The lowest BCUT2D eigenvalue weighted by atomic mass is 10.1. The van der Waals surface area contributed by atoms with Gasteiger partial charge in [0.1, 0.15) is 0 Å². The summed E-state index contributed by atoms with van der Waals surface area (Å²) in [5.41, 5.74) is 0.416. The molecule has 2 heterocycles. The summed E-state index contributed by atoms with van der Waals surface area (Å²) < 4.78 is 41.2. The van der Waals surface area contributed by atoms with Crippen LogP contribution in [0.5, 0.6) is 5.88 Å². The summed E-state index contributed by atoms with van der Waals surface area (Å²) in [4.78, 5) is 15.6. The van der Waals surface area contributed by atoms with Crippen molar-refractivity contribution in [3.63, 3.8) is 0 Å². The van der Waals surface area contributed by atoms with E-state index in [4.69, 9.17) is 0 Å². The zero-order valence-electron chi connectivity index (χ0n) is 11.9. The molecule has 1 amide bonds. The molecule has 2 N–H and O–H groups in total. The van der Waals surface area contributed by atoms with Gasteiger partial charge in [0.05, 0.1) is 0 Å². The molecule has 0 saturated carbocycles. The molecular formula is C14H18F3N3O2. The van der Waals surface area contributed by atoms with Crippen LogP contribution in [-0.2, 0) is 11.3 Å². The van der Waals surface area contributed by atoms with Crippen molar-refractivity contribution in [3.05, 3.63) is 23.9 Å². The van der Waals surface area contributed by atoms with Crippen LogP contribution in [0.15, 0.2) is 18.3 Å². The number of carbonyl (C=O) groups excluding carboxylic acids is 1. The van der Waals surface area contributed by atoms with Crippen LogP contribution < -0.4 is 15.4 Å². The first-order chi connectivity index (χ1) is 10.4. The van der Waals surface area contributed by atoms with Gasteiger partial charge in [-0.2, -0.15) is 13.2 Å². The number of nitrogens with one attached hydrogen (secondary N) is 2. The van der Waals surface area contributed by atoms with Gasteiger partial charge in [-0.05, 0) is 25.5 Å². The van der Waals surface area contributed by atoms with Gasteiger partial charge < -0.3 is 15.4 Å². The van der Waals surface area contributed by atoms with E-state index in [1.165, 1.54) is 6.20 Å². The van der Waals surface area contributed by atoms with Gasteiger partial charge in [0.2, 0.25) is 11.8 Å². The highest BCUT2D eigenvalue weighted by molar-refractivity contribution is 5.76. The largest absolute Gasteiger partial charge is 0.468 e. The van der Waals surface area contributed by atoms with Gasteiger partial charge in [0.15, 0.2) is 6.61 Å². The van der Waals surface area contributed by atoms with E-state index in [-0.39, 0.29) is 24.4 Å². The Bertz CT molecular complexity index is 502. The van der Waals surface area contributed by atoms with Crippen LogP contribution in [0.1, 0.15) is 24.8 Å². The lowest BCUT2D eigenvalue weighted by molar-refractivity contribution is -0.154. The third-order valence-electron chi connectivity index (χ3n) is 3.29. The van der Waals surface area contributed by atoms with Crippen LogP contribution in [-0.4, -0.2) is 36.3 Å². The third kappa shape index (κ3) is 5.51. The first-order valence-electron chi connectivity index (χ1n) is 7.07. The Morgan fingerprint density at radius 2 is 2.32 bits per heavy atom. The van der Waals surface area contributed by atoms with E-state index in [1.807, 2.05) is 0 Å². The van der Waals surface area contributed by atoms with Crippen molar-refractivity contribution in [1.82, 2.24) is 15.6 Å². The molecule has 0 aliphatic carbocycles. The lowest BCUT2D eigenvalue weighted by Crippen LogP contribution is -2.31. The lowest BCUT2D eigenvalue weighted by Gasteiger charge is -2.13. The van der Waals surface area contributed by atoms with E-state index in [2.05, 4.69) is 20.4 Å². The molecule has 1 atom stereocenters. The fraction of sp³-hybridized carbons (Fsp3) is 0.571. The van der Waals surface area contributed by atoms with Gasteiger partial charge in [-0.25, -0.2) is 4.98 Å². The van der Waals surface area contributed by atoms with Crippen LogP contribution >= 0.6 is 0 Å². The SMILES string of the molecule is O=C(CC1CCCN1)NCc1cccnc1OCC(F)(F)F. The molecule has 1 unspecified atom stereocenters. The molecular weight excluding hydrogens is 299 g/mol. The van der Waals surface area contributed by atoms with E-state index >= 15 is 0 Å². The van der Waals surface area contributed by atoms with E-state index in [0.29, 0.717) is 12.0 Å². The average molecular weight is 317 g/mol. The molecule has 1 saturated heterocycles. The Balaban J connectivity index is 1.85. The first-order valence-corrected chi connectivity index (χ1v) is 7.07. The van der Waals surface area contributed by atoms with Crippen LogP contribution in [0.25, 0.3) is 0 Å². The number of carbonyl (C=O) groups is 1. The zero-order chi connectivity index (χ0) is 16.0. The van der Waals surface area contributed by atoms with E-state index in [0.717, 1.165) is 19.4 Å². The Hall–Kier alpha value is -1.83. The maximum absolute atomic E-state index is 12.2. The quantitative estimate of drug-likeness (QED) is 0.839. The molecule has 0 radical (unpaired) electrons. The number of pyridine rings is 1. The number of alkyl halides is 3. The summed E-state index contributed by atoms with van der Waals surface area (Å²) in [6.45, 7) is -0.403. The second-order valence-electron chi connectivity index (χ2n) is 5.15. The van der Waals surface area contributed by atoms with Crippen LogP contribution in [0.3, 0.4) is 0 Å². The molecule has 1 aromatic rings. The average Bonchev–Trinajstić information content (AvgIpc) is 2.96. The van der Waals surface area contributed by atoms with Gasteiger partial charge in [-0.3, -0.25) is 4.79 Å². The summed E-state index contributed by atoms with van der Waals surface area (Å²) in [6.07, 6.45) is -0.707. The molecule has 1 aliphatic rings. The van der Waals surface area contributed by atoms with E-state index in [9.17, 15) is 18.0 Å². The fourth-order valence-electron chi connectivity index (χ4n) is 2.26. The Morgan fingerprint density at radius 3 is 3.00 bits per heavy atom. The Morgan fingerprint density at radius 1 is 1.50 bits per heavy atom. The van der Waals surface area contributed by atoms with Crippen molar-refractivity contribution >= 4 is 5.91 Å². The molecule has 0 aromatic carbocycles. The van der Waals surface area contributed by atoms with E-state index in [1.54, 1.807) is 12.1 Å². The number of aromatic nitrogens is 1. The summed E-state index contributed by atoms with van der Waals surface area (Å²) in [6, 6.07) is 3.34. The highest BCUT2D eigenvalue weighted by atomic mass is 19.4. The second kappa shape index (κ2) is 7.44. The van der Waals surface area contributed by atoms with Gasteiger partial charge >= 0.3 is 6.18 Å². The summed E-state index contributed by atoms with van der Waals surface area (Å²) >= 11 is 0. The topological polar surface area (TPSA) is 63.2 Å². The normalized spacial score (nSPS) is 18.2. The Labute approximate surface area is 126 Å². The minimum atomic E-state index is -4.42. The van der Waals surface area contributed by atoms with Crippen molar-refractivity contribution in [2.75, 3.05) is 13.2 Å². The van der Waals surface area contributed by atoms with Crippen molar-refractivity contribution in [2.24, 2.45) is 0 Å². The maximum atomic E-state index is 12.2. The van der Waals surface area contributed by atoms with Crippen LogP contribution in [0, 0.1) is 0 Å². The monoisotopic (exact) mass is 317 g/mol. The first kappa shape index (κ1) is 16.5. The molecule has 8 heteroatoms. The minimum Gasteiger partial charge on any atom is -0.468 e. The number of amides is 1. The van der Waals surface area contributed by atoms with Crippen molar-refractivity contribution in [2.45, 2.75) is 38.0 Å². The van der Waals surface area contributed by atoms with Crippen molar-refractivity contribution in [1.29, 1.82) is 0 Å². The summed E-state index contributed by atoms with van der Waals surface area (Å²) in [7, 11) is 0. The molecule has 0 bridgehead atoms. The van der Waals surface area contributed by atoms with Crippen LogP contribution in [0.4, 0.5) is 13.2 Å². The van der Waals surface area contributed by atoms with Gasteiger partial charge in [-0.15, -0.1) is 0 Å². The summed E-state index contributed by atoms with van der Waals surface area (Å²) in [5, 5.41) is 5.89. The Kier molecular flexibility index (Phi) is 5.59. The number of hydrogen-bond donors (Lipinski definition) is 2. The summed E-state index contributed by atoms with van der Waals surface area (Å²) in [5.74, 6) is -0.260. The molecule has 5 nitrogen and oxygen atoms in total. The van der Waals surface area contributed by atoms with Gasteiger partial charge in [-0.1, -0.05) is 6.07 Å². The molecule has 1 aliphatic heterocycles. The number of hydrogen-bond acceptors (Lipinski definition) is 4. The molecule has 22 heavy (non-hydrogen) atoms. The van der Waals surface area contributed by atoms with Crippen LogP contribution in [0.2, 0.25) is 0 Å². The maximum Gasteiger partial charge on any atom is 0.422 e. The second-order valence-corrected chi connectivity index (χ2v) is 5.15. The fourth-order valence-corrected chi connectivity index (χ4v) is 2.26. The third-order valence-corrected chi connectivity index (χ3v) is 3.29. The molecule has 1 aromatic heterocycles. The number of nitrogens with zero attached hydrogens (tertiary/aromatic N) is 1. The molecule has 2 rings (SSSR count). The highest BCUT2D eigenvalue weighted by Gasteiger charge is 2.29. The van der Waals surface area contributed by atoms with Gasteiger partial charge in [0.25, 0.3) is 0 Å². The standard InChI is InChI=1S/C14H18F3N3O2/c15-14(16,17)9-22-13-10(3-1-6-19-13)8-20-12(21)7-11-4-2-5-18-11/h1,3,6,11,18H,2,4-5,7-9H2,(H,20,21). The predicted molar refractivity (Wildman–Crippen MR) is 73.3 cm³/mol. The molecule has 1 fully saturated rings. The number of rotatable bonds is 6. The number of ether oxygens (including phenoxy) is 1. The van der Waals surface area contributed by atoms with Gasteiger partial charge in [0, 0.05) is 30.8 Å². The highest BCUT2D eigenvalue weighted by Crippen LogP contribution is 2.20. The van der Waals surface area contributed by atoms with Crippen molar-refractivity contribution < 1.29 is 22.7 Å². The van der Waals surface area contributed by atoms with E-state index < -0.39 is 12.8 Å². The molecule has 122 valence electrons.